The minimum absolute atomic E-state index is 0.299. The lowest BCUT2D eigenvalue weighted by molar-refractivity contribution is 0.600. The molecule has 3 aromatic rings. The van der Waals surface area contributed by atoms with Crippen molar-refractivity contribution >= 4 is 43.2 Å². The van der Waals surface area contributed by atoms with Crippen molar-refractivity contribution < 1.29 is 8.42 Å². The molecular weight excluding hydrogens is 396 g/mol. The van der Waals surface area contributed by atoms with E-state index >= 15 is 0 Å². The highest BCUT2D eigenvalue weighted by atomic mass is 32.2. The summed E-state index contributed by atoms with van der Waals surface area (Å²) >= 11 is 1.61. The topological polar surface area (TPSA) is 109 Å². The number of aromatic nitrogens is 3. The molecule has 1 aliphatic carbocycles. The van der Waals surface area contributed by atoms with E-state index in [0.717, 1.165) is 41.1 Å². The lowest BCUT2D eigenvalue weighted by Gasteiger charge is -2.14. The summed E-state index contributed by atoms with van der Waals surface area (Å²) in [6.07, 6.45) is 4.04. The molecule has 0 spiro atoms. The highest BCUT2D eigenvalue weighted by Gasteiger charge is 2.36. The fraction of sp³-hybridized carbons (Fsp3) is 0.389. The van der Waals surface area contributed by atoms with E-state index in [9.17, 15) is 8.42 Å². The molecular formula is C18H20N6O2S2. The highest BCUT2D eigenvalue weighted by Crippen LogP contribution is 2.32. The Balaban J connectivity index is 1.49. The van der Waals surface area contributed by atoms with Gasteiger partial charge in [-0.2, -0.15) is 0 Å². The van der Waals surface area contributed by atoms with Crippen molar-refractivity contribution in [2.75, 3.05) is 23.1 Å². The molecule has 5 rings (SSSR count). The van der Waals surface area contributed by atoms with Gasteiger partial charge in [0.15, 0.2) is 5.82 Å². The molecule has 0 aromatic carbocycles. The van der Waals surface area contributed by atoms with Crippen LogP contribution in [0.5, 0.6) is 0 Å². The normalized spacial score (nSPS) is 19.8. The molecule has 1 aliphatic heterocycles. The van der Waals surface area contributed by atoms with Crippen LogP contribution in [0.4, 0.5) is 11.6 Å². The first-order valence-electron chi connectivity index (χ1n) is 9.29. The second-order valence-electron chi connectivity index (χ2n) is 7.14. The first-order chi connectivity index (χ1) is 13.6. The Hall–Kier alpha value is -2.30. The zero-order chi connectivity index (χ0) is 19.1. The lowest BCUT2D eigenvalue weighted by atomic mass is 10.2. The Morgan fingerprint density at radius 2 is 2.07 bits per heavy atom. The number of fused-ring (bicyclic) bond motifs is 1. The van der Waals surface area contributed by atoms with E-state index in [1.54, 1.807) is 29.7 Å². The van der Waals surface area contributed by atoms with Crippen LogP contribution >= 0.6 is 11.3 Å². The van der Waals surface area contributed by atoms with Gasteiger partial charge >= 0.3 is 0 Å². The molecule has 8 nitrogen and oxygen atoms in total. The Labute approximate surface area is 166 Å². The summed E-state index contributed by atoms with van der Waals surface area (Å²) in [6.45, 7) is 1.91. The minimum atomic E-state index is -3.36. The van der Waals surface area contributed by atoms with Gasteiger partial charge in [0, 0.05) is 24.3 Å². The molecule has 10 heteroatoms. The van der Waals surface area contributed by atoms with E-state index in [4.69, 9.17) is 4.98 Å². The third-order valence-corrected chi connectivity index (χ3v) is 7.69. The molecule has 0 bridgehead atoms. The van der Waals surface area contributed by atoms with Crippen molar-refractivity contribution in [2.45, 2.75) is 30.6 Å². The zero-order valence-electron chi connectivity index (χ0n) is 15.1. The van der Waals surface area contributed by atoms with Gasteiger partial charge < -0.3 is 10.6 Å². The summed E-state index contributed by atoms with van der Waals surface area (Å²) in [5.74, 6) is 1.67. The zero-order valence-corrected chi connectivity index (χ0v) is 16.7. The molecule has 3 N–H and O–H groups in total. The minimum Gasteiger partial charge on any atom is -0.365 e. The summed E-state index contributed by atoms with van der Waals surface area (Å²) in [5.41, 5.74) is 1.60. The quantitative estimate of drug-likeness (QED) is 0.566. The van der Waals surface area contributed by atoms with Gasteiger partial charge in [0.05, 0.1) is 15.5 Å². The molecule has 1 saturated heterocycles. The van der Waals surface area contributed by atoms with E-state index in [-0.39, 0.29) is 5.25 Å². The SMILES string of the molecule is O=S(=O)(Nc1cc(-c2nc(NC3CCNC3)c3sccc3n2)ccn1)C1CC1. The molecule has 1 atom stereocenters. The van der Waals surface area contributed by atoms with Crippen LogP contribution < -0.4 is 15.4 Å². The van der Waals surface area contributed by atoms with Gasteiger partial charge in [-0.25, -0.2) is 23.4 Å². The molecule has 4 heterocycles. The monoisotopic (exact) mass is 416 g/mol. The standard InChI is InChI=1S/C18H20N6O2S2/c25-28(26,13-1-2-13)24-15-9-11(3-7-20-15)17-22-14-5-8-27-16(14)18(23-17)21-12-4-6-19-10-12/h3,5,7-9,12-13,19H,1-2,4,6,10H2,(H,20,24)(H,21,22,23). The Morgan fingerprint density at radius 3 is 2.86 bits per heavy atom. The maximum absolute atomic E-state index is 12.2. The maximum Gasteiger partial charge on any atom is 0.236 e. The number of rotatable bonds is 6. The maximum atomic E-state index is 12.2. The number of nitrogens with zero attached hydrogens (tertiary/aromatic N) is 3. The van der Waals surface area contributed by atoms with Crippen LogP contribution in [-0.2, 0) is 10.0 Å². The Kier molecular flexibility index (Phi) is 4.41. The summed E-state index contributed by atoms with van der Waals surface area (Å²) in [5, 5.41) is 8.58. The molecule has 0 amide bonds. The highest BCUT2D eigenvalue weighted by molar-refractivity contribution is 7.93. The van der Waals surface area contributed by atoms with Crippen LogP contribution in [0.25, 0.3) is 21.6 Å². The number of hydrogen-bond acceptors (Lipinski definition) is 8. The van der Waals surface area contributed by atoms with Crippen molar-refractivity contribution in [3.05, 3.63) is 29.8 Å². The first kappa shape index (κ1) is 17.8. The van der Waals surface area contributed by atoms with E-state index in [0.29, 0.717) is 30.5 Å². The van der Waals surface area contributed by atoms with Gasteiger partial charge in [-0.05, 0) is 49.4 Å². The van der Waals surface area contributed by atoms with Crippen molar-refractivity contribution in [1.82, 2.24) is 20.3 Å². The van der Waals surface area contributed by atoms with Gasteiger partial charge in [-0.1, -0.05) is 0 Å². The molecule has 146 valence electrons. The number of sulfonamides is 1. The third kappa shape index (κ3) is 3.54. The van der Waals surface area contributed by atoms with Gasteiger partial charge in [-0.3, -0.25) is 4.72 Å². The molecule has 28 heavy (non-hydrogen) atoms. The van der Waals surface area contributed by atoms with E-state index in [1.165, 1.54) is 0 Å². The predicted molar refractivity (Wildman–Crippen MR) is 111 cm³/mol. The predicted octanol–water partition coefficient (Wildman–Crippen LogP) is 2.43. The van der Waals surface area contributed by atoms with Gasteiger partial charge in [0.1, 0.15) is 11.6 Å². The largest absolute Gasteiger partial charge is 0.365 e. The van der Waals surface area contributed by atoms with E-state index < -0.39 is 10.0 Å². The van der Waals surface area contributed by atoms with Crippen molar-refractivity contribution in [3.63, 3.8) is 0 Å². The van der Waals surface area contributed by atoms with Gasteiger partial charge in [0.2, 0.25) is 10.0 Å². The summed E-state index contributed by atoms with van der Waals surface area (Å²) < 4.78 is 28.0. The smallest absolute Gasteiger partial charge is 0.236 e. The Morgan fingerprint density at radius 1 is 1.18 bits per heavy atom. The molecule has 0 radical (unpaired) electrons. The number of pyridine rings is 1. The van der Waals surface area contributed by atoms with Crippen LogP contribution in [0.3, 0.4) is 0 Å². The number of hydrogen-bond donors (Lipinski definition) is 3. The molecule has 2 aliphatic rings. The van der Waals surface area contributed by atoms with Gasteiger partial charge in [-0.15, -0.1) is 11.3 Å². The summed E-state index contributed by atoms with van der Waals surface area (Å²) in [6, 6.07) is 5.80. The Bertz CT molecular complexity index is 1120. The van der Waals surface area contributed by atoms with Crippen LogP contribution in [-0.4, -0.2) is 47.8 Å². The van der Waals surface area contributed by atoms with Crippen molar-refractivity contribution in [1.29, 1.82) is 0 Å². The van der Waals surface area contributed by atoms with Crippen LogP contribution in [0.15, 0.2) is 29.8 Å². The second kappa shape index (κ2) is 6.94. The second-order valence-corrected chi connectivity index (χ2v) is 10.0. The average molecular weight is 417 g/mol. The van der Waals surface area contributed by atoms with Gasteiger partial charge in [0.25, 0.3) is 0 Å². The summed E-state index contributed by atoms with van der Waals surface area (Å²) in [7, 11) is -3.36. The van der Waals surface area contributed by atoms with E-state index in [1.807, 2.05) is 11.4 Å². The van der Waals surface area contributed by atoms with Crippen LogP contribution in [0, 0.1) is 0 Å². The van der Waals surface area contributed by atoms with Crippen LogP contribution in [0.2, 0.25) is 0 Å². The van der Waals surface area contributed by atoms with E-state index in [2.05, 4.69) is 25.3 Å². The fourth-order valence-corrected chi connectivity index (χ4v) is 5.40. The molecule has 3 aromatic heterocycles. The number of anilines is 2. The van der Waals surface area contributed by atoms with Crippen molar-refractivity contribution in [2.24, 2.45) is 0 Å². The van der Waals surface area contributed by atoms with Crippen LogP contribution in [0.1, 0.15) is 19.3 Å². The number of thiophene rings is 1. The summed E-state index contributed by atoms with van der Waals surface area (Å²) in [4.78, 5) is 13.6. The lowest BCUT2D eigenvalue weighted by Crippen LogP contribution is -2.22. The van der Waals surface area contributed by atoms with Crippen molar-refractivity contribution in [3.8, 4) is 11.4 Å². The average Bonchev–Trinajstić information content (AvgIpc) is 3.23. The third-order valence-electron chi connectivity index (χ3n) is 4.93. The molecule has 1 saturated carbocycles. The number of nitrogens with one attached hydrogen (secondary N) is 3. The molecule has 1 unspecified atom stereocenters. The first-order valence-corrected chi connectivity index (χ1v) is 11.7. The fourth-order valence-electron chi connectivity index (χ4n) is 3.29. The molecule has 2 fully saturated rings.